The van der Waals surface area contributed by atoms with Crippen LogP contribution in [0, 0.1) is 0 Å². The lowest BCUT2D eigenvalue weighted by molar-refractivity contribution is 0.0527. The highest BCUT2D eigenvalue weighted by molar-refractivity contribution is 5.97. The van der Waals surface area contributed by atoms with Crippen LogP contribution in [-0.4, -0.2) is 12.6 Å². The number of rotatable bonds is 4. The van der Waals surface area contributed by atoms with E-state index in [1.165, 1.54) is 0 Å². The molecule has 0 saturated heterocycles. The minimum Gasteiger partial charge on any atom is -0.462 e. The van der Waals surface area contributed by atoms with Gasteiger partial charge < -0.3 is 15.8 Å². The van der Waals surface area contributed by atoms with Gasteiger partial charge in [-0.1, -0.05) is 18.2 Å². The quantitative estimate of drug-likeness (QED) is 0.651. The standard InChI is InChI=1S/C15H16N2O2/c1-2-19-15(18)13-10-11(16)8-9-14(13)17-12-6-4-3-5-7-12/h3-10,17H,2,16H2,1H3. The largest absolute Gasteiger partial charge is 0.462 e. The van der Waals surface area contributed by atoms with E-state index in [4.69, 9.17) is 10.5 Å². The van der Waals surface area contributed by atoms with Gasteiger partial charge in [0.05, 0.1) is 17.9 Å². The number of ether oxygens (including phenoxy) is 1. The second-order valence-corrected chi connectivity index (χ2v) is 4.02. The van der Waals surface area contributed by atoms with Crippen molar-refractivity contribution in [2.24, 2.45) is 0 Å². The Balaban J connectivity index is 2.32. The first kappa shape index (κ1) is 13.0. The molecule has 4 nitrogen and oxygen atoms in total. The monoisotopic (exact) mass is 256 g/mol. The van der Waals surface area contributed by atoms with Gasteiger partial charge >= 0.3 is 5.97 Å². The molecule has 2 rings (SSSR count). The minimum absolute atomic E-state index is 0.332. The van der Waals surface area contributed by atoms with Crippen LogP contribution < -0.4 is 11.1 Å². The lowest BCUT2D eigenvalue weighted by Crippen LogP contribution is -2.08. The molecule has 0 fully saturated rings. The van der Waals surface area contributed by atoms with Crippen LogP contribution in [0.5, 0.6) is 0 Å². The van der Waals surface area contributed by atoms with Gasteiger partial charge in [-0.2, -0.15) is 0 Å². The fourth-order valence-electron chi connectivity index (χ4n) is 1.73. The Kier molecular flexibility index (Phi) is 4.03. The maximum atomic E-state index is 11.9. The molecule has 98 valence electrons. The predicted octanol–water partition coefficient (Wildman–Crippen LogP) is 3.19. The summed E-state index contributed by atoms with van der Waals surface area (Å²) in [6.07, 6.45) is 0. The number of benzene rings is 2. The lowest BCUT2D eigenvalue weighted by atomic mass is 10.1. The van der Waals surface area contributed by atoms with Crippen molar-refractivity contribution >= 4 is 23.0 Å². The van der Waals surface area contributed by atoms with Crippen molar-refractivity contribution in [2.45, 2.75) is 6.92 Å². The van der Waals surface area contributed by atoms with Gasteiger partial charge in [-0.05, 0) is 37.3 Å². The predicted molar refractivity (Wildman–Crippen MR) is 76.5 cm³/mol. The van der Waals surface area contributed by atoms with Gasteiger partial charge in [-0.15, -0.1) is 0 Å². The average molecular weight is 256 g/mol. The summed E-state index contributed by atoms with van der Waals surface area (Å²) in [4.78, 5) is 11.9. The number of anilines is 3. The van der Waals surface area contributed by atoms with E-state index in [-0.39, 0.29) is 5.97 Å². The van der Waals surface area contributed by atoms with E-state index in [2.05, 4.69) is 5.32 Å². The zero-order chi connectivity index (χ0) is 13.7. The zero-order valence-corrected chi connectivity index (χ0v) is 10.7. The molecule has 0 atom stereocenters. The normalized spacial score (nSPS) is 9.95. The van der Waals surface area contributed by atoms with Crippen molar-refractivity contribution in [3.05, 3.63) is 54.1 Å². The highest BCUT2D eigenvalue weighted by atomic mass is 16.5. The number of nitrogens with one attached hydrogen (secondary N) is 1. The number of para-hydroxylation sites is 1. The van der Waals surface area contributed by atoms with E-state index in [0.717, 1.165) is 5.69 Å². The SMILES string of the molecule is CCOC(=O)c1cc(N)ccc1Nc1ccccc1. The Morgan fingerprint density at radius 1 is 1.21 bits per heavy atom. The van der Waals surface area contributed by atoms with Gasteiger partial charge in [-0.3, -0.25) is 0 Å². The van der Waals surface area contributed by atoms with Crippen molar-refractivity contribution < 1.29 is 9.53 Å². The van der Waals surface area contributed by atoms with Crippen LogP contribution in [0.1, 0.15) is 17.3 Å². The van der Waals surface area contributed by atoms with Crippen LogP contribution in [0.4, 0.5) is 17.1 Å². The Hall–Kier alpha value is -2.49. The van der Waals surface area contributed by atoms with Gasteiger partial charge in [-0.25, -0.2) is 4.79 Å². The van der Waals surface area contributed by atoms with E-state index in [1.54, 1.807) is 25.1 Å². The zero-order valence-electron chi connectivity index (χ0n) is 10.7. The smallest absolute Gasteiger partial charge is 0.340 e. The second-order valence-electron chi connectivity index (χ2n) is 4.02. The topological polar surface area (TPSA) is 64.3 Å². The van der Waals surface area contributed by atoms with Crippen molar-refractivity contribution in [3.8, 4) is 0 Å². The van der Waals surface area contributed by atoms with Crippen molar-refractivity contribution in [2.75, 3.05) is 17.7 Å². The van der Waals surface area contributed by atoms with Gasteiger partial charge in [0.25, 0.3) is 0 Å². The van der Waals surface area contributed by atoms with E-state index in [9.17, 15) is 4.79 Å². The lowest BCUT2D eigenvalue weighted by Gasteiger charge is -2.12. The van der Waals surface area contributed by atoms with E-state index in [1.807, 2.05) is 30.3 Å². The molecule has 0 saturated carbocycles. The molecule has 0 amide bonds. The molecule has 2 aromatic rings. The number of carbonyl (C=O) groups is 1. The Morgan fingerprint density at radius 3 is 2.63 bits per heavy atom. The van der Waals surface area contributed by atoms with Crippen molar-refractivity contribution in [1.29, 1.82) is 0 Å². The molecule has 0 aliphatic carbocycles. The summed E-state index contributed by atoms with van der Waals surface area (Å²) in [5.41, 5.74) is 8.26. The number of nitrogens with two attached hydrogens (primary N) is 1. The van der Waals surface area contributed by atoms with Gasteiger partial charge in [0, 0.05) is 11.4 Å². The number of esters is 1. The molecule has 2 aromatic carbocycles. The summed E-state index contributed by atoms with van der Waals surface area (Å²) in [6.45, 7) is 2.10. The van der Waals surface area contributed by atoms with Crippen molar-refractivity contribution in [1.82, 2.24) is 0 Å². The van der Waals surface area contributed by atoms with Gasteiger partial charge in [0.1, 0.15) is 0 Å². The Labute approximate surface area is 112 Å². The first-order valence-corrected chi connectivity index (χ1v) is 6.09. The molecular formula is C15H16N2O2. The van der Waals surface area contributed by atoms with Gasteiger partial charge in [0.15, 0.2) is 0 Å². The number of hydrogen-bond acceptors (Lipinski definition) is 4. The highest BCUT2D eigenvalue weighted by Crippen LogP contribution is 2.23. The maximum absolute atomic E-state index is 11.9. The molecule has 0 aliphatic rings. The molecule has 4 heteroatoms. The molecule has 0 spiro atoms. The summed E-state index contributed by atoms with van der Waals surface area (Å²) in [6, 6.07) is 14.7. The third-order valence-corrected chi connectivity index (χ3v) is 2.59. The summed E-state index contributed by atoms with van der Waals surface area (Å²) in [5, 5.41) is 3.18. The molecule has 0 unspecified atom stereocenters. The molecule has 0 aliphatic heterocycles. The second kappa shape index (κ2) is 5.91. The van der Waals surface area contributed by atoms with Gasteiger partial charge in [0.2, 0.25) is 0 Å². The fraction of sp³-hybridized carbons (Fsp3) is 0.133. The molecule has 0 radical (unpaired) electrons. The van der Waals surface area contributed by atoms with E-state index >= 15 is 0 Å². The molecule has 0 bridgehead atoms. The summed E-state index contributed by atoms with van der Waals surface area (Å²) < 4.78 is 5.03. The molecule has 19 heavy (non-hydrogen) atoms. The minimum atomic E-state index is -0.381. The first-order valence-electron chi connectivity index (χ1n) is 6.09. The van der Waals surface area contributed by atoms with E-state index < -0.39 is 0 Å². The van der Waals surface area contributed by atoms with Crippen molar-refractivity contribution in [3.63, 3.8) is 0 Å². The third kappa shape index (κ3) is 3.25. The third-order valence-electron chi connectivity index (χ3n) is 2.59. The van der Waals surface area contributed by atoms with E-state index in [0.29, 0.717) is 23.5 Å². The summed E-state index contributed by atoms with van der Waals surface area (Å²) >= 11 is 0. The molecule has 0 aromatic heterocycles. The van der Waals surface area contributed by atoms with Crippen LogP contribution >= 0.6 is 0 Å². The number of hydrogen-bond donors (Lipinski definition) is 2. The Bertz CT molecular complexity index is 568. The number of nitrogen functional groups attached to an aromatic ring is 1. The van der Waals surface area contributed by atoms with Crippen LogP contribution in [0.15, 0.2) is 48.5 Å². The maximum Gasteiger partial charge on any atom is 0.340 e. The fourth-order valence-corrected chi connectivity index (χ4v) is 1.73. The van der Waals surface area contributed by atoms with Crippen LogP contribution in [0.3, 0.4) is 0 Å². The summed E-state index contributed by atoms with van der Waals surface area (Å²) in [7, 11) is 0. The molecule has 3 N–H and O–H groups in total. The first-order chi connectivity index (χ1) is 9.20. The van der Waals surface area contributed by atoms with Crippen LogP contribution in [0.25, 0.3) is 0 Å². The average Bonchev–Trinajstić information content (AvgIpc) is 2.42. The van der Waals surface area contributed by atoms with Crippen LogP contribution in [0.2, 0.25) is 0 Å². The Morgan fingerprint density at radius 2 is 1.95 bits per heavy atom. The van der Waals surface area contributed by atoms with Crippen LogP contribution in [-0.2, 0) is 4.74 Å². The summed E-state index contributed by atoms with van der Waals surface area (Å²) in [5.74, 6) is -0.381. The number of carbonyl (C=O) groups excluding carboxylic acids is 1. The molecule has 0 heterocycles. The molecular weight excluding hydrogens is 240 g/mol. The highest BCUT2D eigenvalue weighted by Gasteiger charge is 2.13.